The number of primary amides is 1. The fourth-order valence-corrected chi connectivity index (χ4v) is 7.09. The van der Waals surface area contributed by atoms with Crippen molar-refractivity contribution in [3.63, 3.8) is 0 Å². The van der Waals surface area contributed by atoms with Crippen molar-refractivity contribution in [2.75, 3.05) is 13.2 Å². The van der Waals surface area contributed by atoms with E-state index >= 15 is 0 Å². The third kappa shape index (κ3) is 6.95. The summed E-state index contributed by atoms with van der Waals surface area (Å²) in [7, 11) is -1.86. The van der Waals surface area contributed by atoms with Gasteiger partial charge in [-0.1, -0.05) is 84.9 Å². The van der Waals surface area contributed by atoms with Gasteiger partial charge in [0.2, 0.25) is 17.6 Å². The van der Waals surface area contributed by atoms with Crippen molar-refractivity contribution in [3.8, 4) is 11.1 Å². The van der Waals surface area contributed by atoms with Crippen molar-refractivity contribution in [2.24, 2.45) is 5.73 Å². The van der Waals surface area contributed by atoms with Gasteiger partial charge >= 0.3 is 19.1 Å². The molecular formula is C36H30N4O8PS+. The highest BCUT2D eigenvalue weighted by atomic mass is 32.4. The van der Waals surface area contributed by atoms with Gasteiger partial charge in [0.1, 0.15) is 25.6 Å². The van der Waals surface area contributed by atoms with Crippen LogP contribution in [0.15, 0.2) is 116 Å². The molecule has 1 aliphatic heterocycles. The second kappa shape index (κ2) is 14.8. The quantitative estimate of drug-likeness (QED) is 0.132. The molecule has 2 unspecified atom stereocenters. The minimum Gasteiger partial charge on any atom is -0.452 e. The van der Waals surface area contributed by atoms with Gasteiger partial charge in [0.15, 0.2) is 18.4 Å². The predicted molar refractivity (Wildman–Crippen MR) is 184 cm³/mol. The van der Waals surface area contributed by atoms with Crippen LogP contribution in [0, 0.1) is 0 Å². The molecule has 0 saturated carbocycles. The van der Waals surface area contributed by atoms with E-state index < -0.39 is 49.5 Å². The first kappa shape index (κ1) is 33.3. The van der Waals surface area contributed by atoms with E-state index in [2.05, 4.69) is 34.3 Å². The van der Waals surface area contributed by atoms with E-state index in [1.165, 1.54) is 11.0 Å². The highest BCUT2D eigenvalue weighted by Gasteiger charge is 2.52. The number of amides is 1. The Morgan fingerprint density at radius 1 is 0.740 bits per heavy atom. The SMILES string of the molecule is NC(=O)c1ncn([C@@H]2O[C@H](CO[P+](=S)OCC3c4ccccc4-c4ccccc43)[C@H](OC(=O)c3ccccc3)C2OC(=O)c2ccccc2)n1. The highest BCUT2D eigenvalue weighted by molar-refractivity contribution is 8.00. The van der Waals surface area contributed by atoms with Crippen LogP contribution < -0.4 is 5.73 Å². The molecule has 1 aromatic heterocycles. The number of hydrogen-bond donors (Lipinski definition) is 1. The zero-order valence-electron chi connectivity index (χ0n) is 26.3. The number of carbonyl (C=O) groups excluding carboxylic acids is 3. The largest absolute Gasteiger partial charge is 0.521 e. The topological polar surface area (TPSA) is 154 Å². The fourth-order valence-electron chi connectivity index (χ4n) is 6.11. The molecule has 12 nitrogen and oxygen atoms in total. The number of aromatic nitrogens is 3. The van der Waals surface area contributed by atoms with Crippen LogP contribution in [0.5, 0.6) is 0 Å². The minimum atomic E-state index is -1.86. The summed E-state index contributed by atoms with van der Waals surface area (Å²) < 4.78 is 31.5. The maximum atomic E-state index is 13.4. The van der Waals surface area contributed by atoms with Gasteiger partial charge in [0.25, 0.3) is 5.91 Å². The first-order valence-corrected chi connectivity index (χ1v) is 17.9. The summed E-state index contributed by atoms with van der Waals surface area (Å²) in [6, 6.07) is 33.0. The van der Waals surface area contributed by atoms with Crippen LogP contribution in [0.25, 0.3) is 11.1 Å². The smallest absolute Gasteiger partial charge is 0.452 e. The van der Waals surface area contributed by atoms with E-state index in [1.54, 1.807) is 60.7 Å². The second-order valence-corrected chi connectivity index (χ2v) is 13.3. The normalized spacial score (nSPS) is 19.7. The molecule has 14 heteroatoms. The number of hydrogen-bond acceptors (Lipinski definition) is 11. The minimum absolute atomic E-state index is 0.0285. The van der Waals surface area contributed by atoms with Crippen molar-refractivity contribution in [3.05, 3.63) is 144 Å². The molecule has 0 spiro atoms. The lowest BCUT2D eigenvalue weighted by Gasteiger charge is -2.24. The lowest BCUT2D eigenvalue weighted by atomic mass is 9.98. The van der Waals surface area contributed by atoms with Gasteiger partial charge in [-0.25, -0.2) is 19.3 Å². The standard InChI is InChI=1S/C36H29N4O8PS/c37-32(41)33-38-21-40(39-33)34-31(48-36(43)23-13-5-2-6-14-23)30(47-35(42)22-11-3-1-4-12-22)29(46-34)20-45-49(50)44-19-28-26-17-9-7-15-24(26)25-16-8-10-18-27(25)28/h1-18,21,28-31,34H,19-20H2,(H-,37,41)/p+1/t29-,30+,31?,34-/m1/s1. The van der Waals surface area contributed by atoms with Crippen LogP contribution in [0.1, 0.15) is 54.6 Å². The summed E-state index contributed by atoms with van der Waals surface area (Å²) >= 11 is 5.62. The fraction of sp³-hybridized carbons (Fsp3) is 0.194. The number of fused-ring (bicyclic) bond motifs is 3. The second-order valence-electron chi connectivity index (χ2n) is 11.5. The zero-order chi connectivity index (χ0) is 34.6. The van der Waals surface area contributed by atoms with Gasteiger partial charge < -0.3 is 19.9 Å². The van der Waals surface area contributed by atoms with Crippen LogP contribution >= 0.6 is 7.15 Å². The number of benzene rings is 4. The van der Waals surface area contributed by atoms with Gasteiger partial charge in [-0.15, -0.1) is 14.1 Å². The van der Waals surface area contributed by atoms with Gasteiger partial charge in [0, 0.05) is 5.92 Å². The molecule has 4 aromatic carbocycles. The predicted octanol–water partition coefficient (Wildman–Crippen LogP) is 5.35. The summed E-state index contributed by atoms with van der Waals surface area (Å²) in [5.74, 6) is -2.56. The monoisotopic (exact) mass is 709 g/mol. The van der Waals surface area contributed by atoms with Gasteiger partial charge in [-0.05, 0) is 46.5 Å². The first-order valence-electron chi connectivity index (χ1n) is 15.7. The number of nitrogens with zero attached hydrogens (tertiary/aromatic N) is 3. The van der Waals surface area contributed by atoms with E-state index in [-0.39, 0.29) is 36.1 Å². The Labute approximate surface area is 292 Å². The van der Waals surface area contributed by atoms with Crippen molar-refractivity contribution in [1.29, 1.82) is 0 Å². The molecule has 1 fully saturated rings. The first-order chi connectivity index (χ1) is 24.4. The Morgan fingerprint density at radius 3 is 1.82 bits per heavy atom. The van der Waals surface area contributed by atoms with Gasteiger partial charge in [-0.2, -0.15) is 0 Å². The molecule has 50 heavy (non-hydrogen) atoms. The molecule has 1 aliphatic carbocycles. The molecule has 2 heterocycles. The number of rotatable bonds is 12. The lowest BCUT2D eigenvalue weighted by Crippen LogP contribution is -2.41. The maximum Gasteiger partial charge on any atom is 0.521 e. The molecule has 1 saturated heterocycles. The number of ether oxygens (including phenoxy) is 3. The van der Waals surface area contributed by atoms with E-state index in [4.69, 9.17) is 40.8 Å². The van der Waals surface area contributed by atoms with Crippen molar-refractivity contribution in [2.45, 2.75) is 30.5 Å². The van der Waals surface area contributed by atoms with Crippen molar-refractivity contribution < 1.29 is 37.6 Å². The average Bonchev–Trinajstić information content (AvgIpc) is 3.86. The average molecular weight is 710 g/mol. The molecule has 0 bridgehead atoms. The Morgan fingerprint density at radius 2 is 1.26 bits per heavy atom. The summed E-state index contributed by atoms with van der Waals surface area (Å²) in [5.41, 5.74) is 10.5. The Hall–Kier alpha value is -5.17. The molecule has 2 aliphatic rings. The van der Waals surface area contributed by atoms with Gasteiger partial charge in [-0.3, -0.25) is 4.79 Å². The summed E-state index contributed by atoms with van der Waals surface area (Å²) in [6.07, 6.45) is -3.43. The van der Waals surface area contributed by atoms with Crippen LogP contribution in [0.2, 0.25) is 0 Å². The molecule has 0 radical (unpaired) electrons. The van der Waals surface area contributed by atoms with E-state index in [1.807, 2.05) is 24.3 Å². The molecule has 5 aromatic rings. The maximum absolute atomic E-state index is 13.4. The Balaban J connectivity index is 1.12. The summed E-state index contributed by atoms with van der Waals surface area (Å²) in [5, 5.41) is 4.13. The lowest BCUT2D eigenvalue weighted by molar-refractivity contribution is -0.0617. The number of nitrogens with two attached hydrogens (primary N) is 1. The summed E-state index contributed by atoms with van der Waals surface area (Å²) in [4.78, 5) is 42.5. The molecule has 7 rings (SSSR count). The third-order valence-electron chi connectivity index (χ3n) is 8.43. The highest BCUT2D eigenvalue weighted by Crippen LogP contribution is 2.46. The van der Waals surface area contributed by atoms with Crippen molar-refractivity contribution >= 4 is 36.8 Å². The van der Waals surface area contributed by atoms with Crippen LogP contribution in [0.4, 0.5) is 0 Å². The van der Waals surface area contributed by atoms with Crippen molar-refractivity contribution in [1.82, 2.24) is 14.8 Å². The summed E-state index contributed by atoms with van der Waals surface area (Å²) in [6.45, 7) is 0.100. The van der Waals surface area contributed by atoms with Crippen LogP contribution in [-0.2, 0) is 35.1 Å². The molecular weight excluding hydrogens is 679 g/mol. The molecule has 5 atom stereocenters. The molecule has 1 amide bonds. The third-order valence-corrected chi connectivity index (χ3v) is 9.79. The molecule has 252 valence electrons. The number of carbonyl (C=O) groups is 3. The van der Waals surface area contributed by atoms with Gasteiger partial charge in [0.05, 0.1) is 11.1 Å². The van der Waals surface area contributed by atoms with E-state index in [9.17, 15) is 14.4 Å². The van der Waals surface area contributed by atoms with Crippen LogP contribution in [0.3, 0.4) is 0 Å². The van der Waals surface area contributed by atoms with E-state index in [0.29, 0.717) is 0 Å². The van der Waals surface area contributed by atoms with E-state index in [0.717, 1.165) is 22.3 Å². The Kier molecular flexibility index (Phi) is 9.83. The zero-order valence-corrected chi connectivity index (χ0v) is 28.0. The molecule has 2 N–H and O–H groups in total. The Bertz CT molecular complexity index is 2000. The number of esters is 2. The van der Waals surface area contributed by atoms with Crippen LogP contribution in [-0.4, -0.2) is 64.1 Å².